The van der Waals surface area contributed by atoms with Gasteiger partial charge in [0.25, 0.3) is 0 Å². The van der Waals surface area contributed by atoms with E-state index in [4.69, 9.17) is 5.11 Å². The molecule has 1 fully saturated rings. The van der Waals surface area contributed by atoms with Gasteiger partial charge in [0.05, 0.1) is 0 Å². The number of carbonyl (C=O) groups is 2. The SMILES string of the molecule is Cc1c(-c2ccc3c(c2)=CNC(NC(=O)C2CC2)C=3)cnc(C(=O)O)c1F. The van der Waals surface area contributed by atoms with Gasteiger partial charge in [-0.2, -0.15) is 0 Å². The maximum Gasteiger partial charge on any atom is 0.357 e. The van der Waals surface area contributed by atoms with Crippen LogP contribution in [-0.4, -0.2) is 28.1 Å². The summed E-state index contributed by atoms with van der Waals surface area (Å²) in [5, 5.41) is 16.9. The predicted octanol–water partition coefficient (Wildman–Crippen LogP) is 0.868. The van der Waals surface area contributed by atoms with Gasteiger partial charge < -0.3 is 15.7 Å². The van der Waals surface area contributed by atoms with Crippen molar-refractivity contribution in [3.63, 3.8) is 0 Å². The van der Waals surface area contributed by atoms with Gasteiger partial charge in [-0.15, -0.1) is 0 Å². The summed E-state index contributed by atoms with van der Waals surface area (Å²) in [6.45, 7) is 1.54. The highest BCUT2D eigenvalue weighted by Crippen LogP contribution is 2.29. The Labute approximate surface area is 154 Å². The van der Waals surface area contributed by atoms with Crippen molar-refractivity contribution < 1.29 is 19.1 Å². The second-order valence-corrected chi connectivity index (χ2v) is 6.85. The first-order valence-corrected chi connectivity index (χ1v) is 8.71. The van der Waals surface area contributed by atoms with Crippen LogP contribution in [0.1, 0.15) is 28.9 Å². The molecule has 0 radical (unpaired) electrons. The molecule has 1 saturated carbocycles. The molecule has 138 valence electrons. The Morgan fingerprint density at radius 3 is 2.78 bits per heavy atom. The van der Waals surface area contributed by atoms with E-state index < -0.39 is 17.5 Å². The summed E-state index contributed by atoms with van der Waals surface area (Å²) in [7, 11) is 0. The number of carboxylic acid groups (broad SMARTS) is 1. The van der Waals surface area contributed by atoms with Crippen molar-refractivity contribution in [3.05, 3.63) is 51.9 Å². The van der Waals surface area contributed by atoms with Crippen LogP contribution in [0.25, 0.3) is 23.4 Å². The van der Waals surface area contributed by atoms with Gasteiger partial charge in [-0.05, 0) is 53.5 Å². The lowest BCUT2D eigenvalue weighted by Gasteiger charge is -2.18. The number of pyridine rings is 1. The summed E-state index contributed by atoms with van der Waals surface area (Å²) in [5.41, 5.74) is 0.939. The van der Waals surface area contributed by atoms with Crippen LogP contribution >= 0.6 is 0 Å². The number of hydrogen-bond acceptors (Lipinski definition) is 4. The number of carbonyl (C=O) groups excluding carboxylic acids is 1. The molecule has 1 atom stereocenters. The zero-order valence-electron chi connectivity index (χ0n) is 14.6. The summed E-state index contributed by atoms with van der Waals surface area (Å²) >= 11 is 0. The fraction of sp³-hybridized carbons (Fsp3) is 0.250. The molecule has 1 aromatic carbocycles. The van der Waals surface area contributed by atoms with Gasteiger partial charge in [0.1, 0.15) is 6.17 Å². The van der Waals surface area contributed by atoms with E-state index in [1.807, 2.05) is 24.3 Å². The van der Waals surface area contributed by atoms with E-state index >= 15 is 0 Å². The molecule has 27 heavy (non-hydrogen) atoms. The van der Waals surface area contributed by atoms with E-state index in [1.165, 1.54) is 13.1 Å². The number of aromatic carboxylic acids is 1. The third-order valence-electron chi connectivity index (χ3n) is 4.87. The average Bonchev–Trinajstić information content (AvgIpc) is 3.48. The number of halogens is 1. The van der Waals surface area contributed by atoms with Crippen molar-refractivity contribution in [2.45, 2.75) is 25.9 Å². The molecule has 1 amide bonds. The Morgan fingerprint density at radius 1 is 1.30 bits per heavy atom. The standard InChI is InChI=1S/C20H18FN3O3/c1-10-15(9-23-18(17(10)21)20(26)27)13-5-4-12-7-16(22-8-14(12)6-13)24-19(25)11-2-3-11/h4-9,11,16,22H,2-3H2,1H3,(H,24,25)(H,26,27). The normalized spacial score (nSPS) is 17.8. The Kier molecular flexibility index (Phi) is 4.14. The number of nitrogens with one attached hydrogen (secondary N) is 2. The van der Waals surface area contributed by atoms with Crippen LogP contribution < -0.4 is 21.1 Å². The smallest absolute Gasteiger partial charge is 0.357 e. The molecule has 7 heteroatoms. The lowest BCUT2D eigenvalue weighted by molar-refractivity contribution is -0.122. The zero-order chi connectivity index (χ0) is 19.1. The molecular weight excluding hydrogens is 349 g/mol. The highest BCUT2D eigenvalue weighted by molar-refractivity contribution is 5.87. The highest BCUT2D eigenvalue weighted by Gasteiger charge is 2.30. The van der Waals surface area contributed by atoms with Gasteiger partial charge in [-0.1, -0.05) is 12.1 Å². The number of fused-ring (bicyclic) bond motifs is 1. The molecule has 2 heterocycles. The molecule has 2 aromatic rings. The van der Waals surface area contributed by atoms with Gasteiger partial charge in [-0.25, -0.2) is 14.2 Å². The lowest BCUT2D eigenvalue weighted by atomic mass is 9.99. The Balaban J connectivity index is 1.66. The van der Waals surface area contributed by atoms with Crippen molar-refractivity contribution in [1.29, 1.82) is 0 Å². The molecule has 2 aliphatic rings. The summed E-state index contributed by atoms with van der Waals surface area (Å²) in [5.74, 6) is -2.01. The minimum atomic E-state index is -1.39. The van der Waals surface area contributed by atoms with Crippen LogP contribution in [0.3, 0.4) is 0 Å². The third-order valence-corrected chi connectivity index (χ3v) is 4.87. The Bertz CT molecular complexity index is 1080. The molecule has 0 spiro atoms. The van der Waals surface area contributed by atoms with Gasteiger partial charge in [-0.3, -0.25) is 4.79 Å². The second kappa shape index (κ2) is 6.50. The fourth-order valence-corrected chi connectivity index (χ4v) is 3.14. The van der Waals surface area contributed by atoms with Crippen LogP contribution in [0, 0.1) is 18.7 Å². The maximum atomic E-state index is 14.3. The van der Waals surface area contributed by atoms with Crippen molar-refractivity contribution in [1.82, 2.24) is 15.6 Å². The summed E-state index contributed by atoms with van der Waals surface area (Å²) in [6, 6.07) is 5.60. The van der Waals surface area contributed by atoms with Gasteiger partial charge in [0, 0.05) is 23.9 Å². The first-order valence-electron chi connectivity index (χ1n) is 8.71. The number of hydrogen-bond donors (Lipinski definition) is 3. The van der Waals surface area contributed by atoms with Gasteiger partial charge in [0.2, 0.25) is 5.91 Å². The highest BCUT2D eigenvalue weighted by atomic mass is 19.1. The van der Waals surface area contributed by atoms with E-state index in [9.17, 15) is 14.0 Å². The van der Waals surface area contributed by atoms with E-state index in [2.05, 4.69) is 15.6 Å². The first-order chi connectivity index (χ1) is 12.9. The first kappa shape index (κ1) is 17.2. The lowest BCUT2D eigenvalue weighted by Crippen LogP contribution is -2.48. The molecule has 3 N–H and O–H groups in total. The number of nitrogens with zero attached hydrogens (tertiary/aromatic N) is 1. The number of benzene rings is 1. The van der Waals surface area contributed by atoms with E-state index in [-0.39, 0.29) is 23.6 Å². The number of aromatic nitrogens is 1. The molecule has 1 aromatic heterocycles. The fourth-order valence-electron chi connectivity index (χ4n) is 3.14. The number of rotatable bonds is 4. The topological polar surface area (TPSA) is 91.3 Å². The average molecular weight is 367 g/mol. The quantitative estimate of drug-likeness (QED) is 0.746. The number of carboxylic acids is 1. The molecule has 1 aliphatic carbocycles. The van der Waals surface area contributed by atoms with E-state index in [1.54, 1.807) is 6.20 Å². The minimum absolute atomic E-state index is 0.0629. The molecule has 1 unspecified atom stereocenters. The summed E-state index contributed by atoms with van der Waals surface area (Å²) < 4.78 is 14.3. The summed E-state index contributed by atoms with van der Waals surface area (Å²) in [6.07, 6.45) is 6.76. The largest absolute Gasteiger partial charge is 0.476 e. The predicted molar refractivity (Wildman–Crippen MR) is 97.3 cm³/mol. The van der Waals surface area contributed by atoms with E-state index in [0.29, 0.717) is 5.56 Å². The van der Waals surface area contributed by atoms with Crippen LogP contribution in [0.15, 0.2) is 24.4 Å². The molecule has 4 rings (SSSR count). The maximum absolute atomic E-state index is 14.3. The molecule has 0 bridgehead atoms. The van der Waals surface area contributed by atoms with Crippen molar-refractivity contribution in [3.8, 4) is 11.1 Å². The Hall–Kier alpha value is -3.22. The van der Waals surface area contributed by atoms with Crippen molar-refractivity contribution >= 4 is 24.2 Å². The Morgan fingerprint density at radius 2 is 2.07 bits per heavy atom. The minimum Gasteiger partial charge on any atom is -0.476 e. The molecule has 0 saturated heterocycles. The van der Waals surface area contributed by atoms with Crippen molar-refractivity contribution in [2.24, 2.45) is 5.92 Å². The second-order valence-electron chi connectivity index (χ2n) is 6.85. The molecule has 6 nitrogen and oxygen atoms in total. The number of amides is 1. The van der Waals surface area contributed by atoms with Crippen LogP contribution in [0.2, 0.25) is 0 Å². The monoisotopic (exact) mass is 367 g/mol. The van der Waals surface area contributed by atoms with Gasteiger partial charge in [0.15, 0.2) is 11.5 Å². The molecule has 1 aliphatic heterocycles. The van der Waals surface area contributed by atoms with E-state index in [0.717, 1.165) is 28.8 Å². The molecular formula is C20H18FN3O3. The van der Waals surface area contributed by atoms with Crippen LogP contribution in [-0.2, 0) is 4.79 Å². The van der Waals surface area contributed by atoms with Crippen LogP contribution in [0.4, 0.5) is 4.39 Å². The zero-order valence-corrected chi connectivity index (χ0v) is 14.6. The van der Waals surface area contributed by atoms with Crippen molar-refractivity contribution in [2.75, 3.05) is 0 Å². The van der Waals surface area contributed by atoms with Gasteiger partial charge >= 0.3 is 5.97 Å². The van der Waals surface area contributed by atoms with Crippen LogP contribution in [0.5, 0.6) is 0 Å². The third kappa shape index (κ3) is 3.28. The summed E-state index contributed by atoms with van der Waals surface area (Å²) in [4.78, 5) is 26.7.